The van der Waals surface area contributed by atoms with Crippen molar-refractivity contribution in [1.82, 2.24) is 4.90 Å². The molecule has 1 fully saturated rings. The van der Waals surface area contributed by atoms with Gasteiger partial charge in [-0.3, -0.25) is 9.52 Å². The van der Waals surface area contributed by atoms with Crippen LogP contribution in [0.15, 0.2) is 39.6 Å². The van der Waals surface area contributed by atoms with E-state index in [1.165, 1.54) is 0 Å². The second-order valence-corrected chi connectivity index (χ2v) is 10.4. The molecule has 1 amide bonds. The van der Waals surface area contributed by atoms with Crippen molar-refractivity contribution in [3.8, 4) is 0 Å². The summed E-state index contributed by atoms with van der Waals surface area (Å²) >= 11 is 0. The number of carbonyl (C=O) groups is 1. The average molecular weight is 455 g/mol. The van der Waals surface area contributed by atoms with E-state index in [9.17, 15) is 13.2 Å². The monoisotopic (exact) mass is 454 g/mol. The number of nitrogens with zero attached hydrogens (tertiary/aromatic N) is 1. The van der Waals surface area contributed by atoms with Crippen molar-refractivity contribution >= 4 is 32.6 Å². The maximum absolute atomic E-state index is 13.4. The van der Waals surface area contributed by atoms with Gasteiger partial charge in [0, 0.05) is 29.7 Å². The summed E-state index contributed by atoms with van der Waals surface area (Å²) in [5.74, 6) is 0.0735. The lowest BCUT2D eigenvalue weighted by Crippen LogP contribution is -2.31. The van der Waals surface area contributed by atoms with Gasteiger partial charge in [-0.15, -0.1) is 0 Å². The average Bonchev–Trinajstić information content (AvgIpc) is 2.93. The zero-order valence-electron chi connectivity index (χ0n) is 19.1. The maximum atomic E-state index is 13.4. The van der Waals surface area contributed by atoms with Crippen LogP contribution in [0.4, 0.5) is 5.69 Å². The molecule has 7 heteroatoms. The molecule has 1 saturated heterocycles. The van der Waals surface area contributed by atoms with E-state index < -0.39 is 10.0 Å². The fraction of sp³-hybridized carbons (Fsp3) is 0.400. The fourth-order valence-electron chi connectivity index (χ4n) is 4.32. The molecule has 1 aliphatic heterocycles. The largest absolute Gasteiger partial charge is 0.449 e. The van der Waals surface area contributed by atoms with Gasteiger partial charge in [0.05, 0.1) is 0 Å². The molecular formula is C25H30N2O4S. The first-order valence-electron chi connectivity index (χ1n) is 11.1. The Morgan fingerprint density at radius 2 is 1.56 bits per heavy atom. The van der Waals surface area contributed by atoms with Gasteiger partial charge in [-0.05, 0) is 69.9 Å². The van der Waals surface area contributed by atoms with Crippen molar-refractivity contribution < 1.29 is 17.6 Å². The van der Waals surface area contributed by atoms with Crippen LogP contribution in [0.25, 0.3) is 11.0 Å². The van der Waals surface area contributed by atoms with Crippen LogP contribution in [-0.4, -0.2) is 32.3 Å². The second-order valence-electron chi connectivity index (χ2n) is 8.76. The van der Waals surface area contributed by atoms with Crippen LogP contribution in [0.3, 0.4) is 0 Å². The molecular weight excluding hydrogens is 424 g/mol. The van der Waals surface area contributed by atoms with E-state index in [0.29, 0.717) is 35.3 Å². The first-order chi connectivity index (χ1) is 15.2. The predicted octanol–water partition coefficient (Wildman–Crippen LogP) is 5.48. The van der Waals surface area contributed by atoms with E-state index in [4.69, 9.17) is 4.42 Å². The molecule has 2 aromatic carbocycles. The molecule has 0 radical (unpaired) electrons. The summed E-state index contributed by atoms with van der Waals surface area (Å²) in [5, 5.41) is 0.663. The molecule has 1 aromatic heterocycles. The Labute approximate surface area is 189 Å². The SMILES string of the molecule is Cc1ccc(NS(=O)(=O)c2c(C)c(C)cc3c(C)c(C(=O)N4CCCCCC4)oc23)cc1. The lowest BCUT2D eigenvalue weighted by molar-refractivity contribution is 0.0731. The molecule has 1 aliphatic rings. The third-order valence-corrected chi connectivity index (χ3v) is 7.89. The van der Waals surface area contributed by atoms with Crippen molar-refractivity contribution in [2.45, 2.75) is 58.3 Å². The Kier molecular flexibility index (Phi) is 6.03. The minimum Gasteiger partial charge on any atom is -0.449 e. The van der Waals surface area contributed by atoms with Gasteiger partial charge in [0.15, 0.2) is 11.3 Å². The second kappa shape index (κ2) is 8.62. The molecule has 0 saturated carbocycles. The smallest absolute Gasteiger partial charge is 0.289 e. The van der Waals surface area contributed by atoms with E-state index in [1.807, 2.05) is 43.9 Å². The summed E-state index contributed by atoms with van der Waals surface area (Å²) < 4.78 is 35.6. The van der Waals surface area contributed by atoms with Crippen molar-refractivity contribution in [3.63, 3.8) is 0 Å². The Bertz CT molecular complexity index is 1270. The van der Waals surface area contributed by atoms with Crippen LogP contribution in [0.2, 0.25) is 0 Å². The van der Waals surface area contributed by atoms with Crippen LogP contribution in [0.1, 0.15) is 58.5 Å². The van der Waals surface area contributed by atoms with E-state index in [-0.39, 0.29) is 22.1 Å². The van der Waals surface area contributed by atoms with Crippen LogP contribution in [-0.2, 0) is 10.0 Å². The summed E-state index contributed by atoms with van der Waals surface area (Å²) in [6.07, 6.45) is 4.19. The molecule has 0 unspecified atom stereocenters. The Hall–Kier alpha value is -2.80. The first-order valence-corrected chi connectivity index (χ1v) is 12.6. The van der Waals surface area contributed by atoms with Crippen LogP contribution in [0, 0.1) is 27.7 Å². The van der Waals surface area contributed by atoms with Crippen LogP contribution in [0.5, 0.6) is 0 Å². The topological polar surface area (TPSA) is 79.6 Å². The van der Waals surface area contributed by atoms with E-state index in [2.05, 4.69) is 4.72 Å². The summed E-state index contributed by atoms with van der Waals surface area (Å²) in [6.45, 7) is 8.83. The number of aryl methyl sites for hydroxylation is 3. The molecule has 0 aliphatic carbocycles. The predicted molar refractivity (Wildman–Crippen MR) is 127 cm³/mol. The highest BCUT2D eigenvalue weighted by Crippen LogP contribution is 2.36. The minimum atomic E-state index is -3.93. The number of nitrogens with one attached hydrogen (secondary N) is 1. The molecule has 32 heavy (non-hydrogen) atoms. The molecule has 4 rings (SSSR count). The Morgan fingerprint density at radius 1 is 0.938 bits per heavy atom. The van der Waals surface area contributed by atoms with Gasteiger partial charge < -0.3 is 9.32 Å². The number of likely N-dealkylation sites (tertiary alicyclic amines) is 1. The van der Waals surface area contributed by atoms with Gasteiger partial charge >= 0.3 is 0 Å². The van der Waals surface area contributed by atoms with Gasteiger partial charge in [0.25, 0.3) is 15.9 Å². The number of rotatable bonds is 4. The number of sulfonamides is 1. The number of anilines is 1. The van der Waals surface area contributed by atoms with Gasteiger partial charge in [0.2, 0.25) is 0 Å². The molecule has 170 valence electrons. The van der Waals surface area contributed by atoms with Gasteiger partial charge in [0.1, 0.15) is 4.90 Å². The maximum Gasteiger partial charge on any atom is 0.289 e. The number of benzene rings is 2. The molecule has 2 heterocycles. The summed E-state index contributed by atoms with van der Waals surface area (Å²) in [7, 11) is -3.93. The summed E-state index contributed by atoms with van der Waals surface area (Å²) in [4.78, 5) is 15.2. The van der Waals surface area contributed by atoms with Crippen molar-refractivity contribution in [3.05, 3.63) is 58.3 Å². The Balaban J connectivity index is 1.82. The number of carbonyl (C=O) groups excluding carboxylic acids is 1. The van der Waals surface area contributed by atoms with Crippen molar-refractivity contribution in [1.29, 1.82) is 0 Å². The highest BCUT2D eigenvalue weighted by Gasteiger charge is 2.30. The van der Waals surface area contributed by atoms with Gasteiger partial charge in [-0.1, -0.05) is 30.5 Å². The van der Waals surface area contributed by atoms with E-state index >= 15 is 0 Å². The molecule has 6 nitrogen and oxygen atoms in total. The van der Waals surface area contributed by atoms with Crippen molar-refractivity contribution in [2.24, 2.45) is 0 Å². The number of fused-ring (bicyclic) bond motifs is 1. The van der Waals surface area contributed by atoms with E-state index in [1.54, 1.807) is 19.1 Å². The molecule has 3 aromatic rings. The first kappa shape index (κ1) is 22.4. The highest BCUT2D eigenvalue weighted by atomic mass is 32.2. The lowest BCUT2D eigenvalue weighted by Gasteiger charge is -2.19. The number of hydrogen-bond donors (Lipinski definition) is 1. The number of hydrogen-bond acceptors (Lipinski definition) is 4. The number of furan rings is 1. The third kappa shape index (κ3) is 4.13. The molecule has 0 bridgehead atoms. The number of amides is 1. The van der Waals surface area contributed by atoms with Crippen molar-refractivity contribution in [2.75, 3.05) is 17.8 Å². The van der Waals surface area contributed by atoms with Crippen LogP contribution < -0.4 is 4.72 Å². The van der Waals surface area contributed by atoms with Gasteiger partial charge in [-0.25, -0.2) is 8.42 Å². The molecule has 0 spiro atoms. The minimum absolute atomic E-state index is 0.0890. The highest BCUT2D eigenvalue weighted by molar-refractivity contribution is 7.93. The zero-order valence-corrected chi connectivity index (χ0v) is 19.9. The standard InChI is InChI=1S/C25H30N2O4S/c1-16-9-11-20(12-10-16)26-32(29,30)24-18(3)17(2)15-21-19(4)22(31-23(21)24)25(28)27-13-7-5-6-8-14-27/h9-12,15,26H,5-8,13-14H2,1-4H3. The normalized spacial score (nSPS) is 15.1. The summed E-state index contributed by atoms with van der Waals surface area (Å²) in [5.41, 5.74) is 3.89. The molecule has 1 N–H and O–H groups in total. The lowest BCUT2D eigenvalue weighted by atomic mass is 10.0. The Morgan fingerprint density at radius 3 is 2.19 bits per heavy atom. The molecule has 0 atom stereocenters. The van der Waals surface area contributed by atoms with E-state index in [0.717, 1.165) is 36.8 Å². The van der Waals surface area contributed by atoms with Crippen LogP contribution >= 0.6 is 0 Å². The zero-order chi connectivity index (χ0) is 23.0. The fourth-order valence-corrected chi connectivity index (χ4v) is 5.82. The summed E-state index contributed by atoms with van der Waals surface area (Å²) in [6, 6.07) is 9.08. The van der Waals surface area contributed by atoms with Gasteiger partial charge in [-0.2, -0.15) is 0 Å². The third-order valence-electron chi connectivity index (χ3n) is 6.35. The quantitative estimate of drug-likeness (QED) is 0.566.